The van der Waals surface area contributed by atoms with Gasteiger partial charge >= 0.3 is 0 Å². The summed E-state index contributed by atoms with van der Waals surface area (Å²) in [6.07, 6.45) is 8.51. The van der Waals surface area contributed by atoms with Gasteiger partial charge in [0.2, 0.25) is 0 Å². The SMILES string of the molecule is Cc1ccc(C(=O)N/C(=C/c2cccs2)C(=O)NC2CCCCCC2)cc1C. The van der Waals surface area contributed by atoms with Crippen molar-refractivity contribution in [3.63, 3.8) is 0 Å². The molecule has 2 amide bonds. The summed E-state index contributed by atoms with van der Waals surface area (Å²) in [5, 5.41) is 7.93. The molecule has 1 saturated carbocycles. The molecule has 0 radical (unpaired) electrons. The third-order valence-electron chi connectivity index (χ3n) is 5.28. The van der Waals surface area contributed by atoms with E-state index in [1.54, 1.807) is 12.1 Å². The molecule has 1 heterocycles. The Balaban J connectivity index is 1.77. The Labute approximate surface area is 171 Å². The highest BCUT2D eigenvalue weighted by Crippen LogP contribution is 2.18. The van der Waals surface area contributed by atoms with E-state index < -0.39 is 0 Å². The summed E-state index contributed by atoms with van der Waals surface area (Å²) in [4.78, 5) is 26.7. The molecule has 1 aliphatic carbocycles. The third-order valence-corrected chi connectivity index (χ3v) is 6.10. The maximum atomic E-state index is 12.9. The lowest BCUT2D eigenvalue weighted by atomic mass is 10.1. The van der Waals surface area contributed by atoms with Crippen LogP contribution in [0, 0.1) is 13.8 Å². The van der Waals surface area contributed by atoms with Crippen LogP contribution in [0.5, 0.6) is 0 Å². The fourth-order valence-electron chi connectivity index (χ4n) is 3.44. The number of nitrogens with one attached hydrogen (secondary N) is 2. The lowest BCUT2D eigenvalue weighted by Gasteiger charge is -2.18. The number of rotatable bonds is 5. The molecule has 4 nitrogen and oxygen atoms in total. The number of benzene rings is 1. The quantitative estimate of drug-likeness (QED) is 0.553. The molecular formula is C23H28N2O2S. The molecule has 1 aromatic carbocycles. The molecule has 0 spiro atoms. The molecule has 3 rings (SSSR count). The molecule has 148 valence electrons. The zero-order chi connectivity index (χ0) is 19.9. The Morgan fingerprint density at radius 1 is 1.04 bits per heavy atom. The zero-order valence-corrected chi connectivity index (χ0v) is 17.4. The second-order valence-electron chi connectivity index (χ2n) is 7.49. The van der Waals surface area contributed by atoms with E-state index >= 15 is 0 Å². The van der Waals surface area contributed by atoms with Gasteiger partial charge in [0.1, 0.15) is 5.70 Å². The molecule has 1 aromatic heterocycles. The second-order valence-corrected chi connectivity index (χ2v) is 8.47. The number of carbonyl (C=O) groups excluding carboxylic acids is 2. The smallest absolute Gasteiger partial charge is 0.268 e. The summed E-state index contributed by atoms with van der Waals surface area (Å²) in [6.45, 7) is 3.99. The van der Waals surface area contributed by atoms with Crippen LogP contribution in [-0.4, -0.2) is 17.9 Å². The number of aryl methyl sites for hydroxylation is 2. The molecule has 28 heavy (non-hydrogen) atoms. The first-order chi connectivity index (χ1) is 13.5. The van der Waals surface area contributed by atoms with Crippen molar-refractivity contribution in [3.05, 3.63) is 63.0 Å². The number of hydrogen-bond acceptors (Lipinski definition) is 3. The van der Waals surface area contributed by atoms with E-state index in [-0.39, 0.29) is 17.9 Å². The van der Waals surface area contributed by atoms with Crippen LogP contribution in [0.25, 0.3) is 6.08 Å². The minimum absolute atomic E-state index is 0.181. The van der Waals surface area contributed by atoms with Gasteiger partial charge in [-0.05, 0) is 67.5 Å². The first kappa shape index (κ1) is 20.3. The molecule has 0 unspecified atom stereocenters. The molecule has 0 aliphatic heterocycles. The van der Waals surface area contributed by atoms with E-state index in [1.807, 2.05) is 43.5 Å². The number of carbonyl (C=O) groups is 2. The molecule has 0 atom stereocenters. The number of thiophene rings is 1. The zero-order valence-electron chi connectivity index (χ0n) is 16.6. The first-order valence-electron chi connectivity index (χ1n) is 9.97. The van der Waals surface area contributed by atoms with Gasteiger partial charge in [0.25, 0.3) is 11.8 Å². The van der Waals surface area contributed by atoms with Crippen LogP contribution < -0.4 is 10.6 Å². The van der Waals surface area contributed by atoms with Crippen LogP contribution >= 0.6 is 11.3 Å². The topological polar surface area (TPSA) is 58.2 Å². The highest BCUT2D eigenvalue weighted by atomic mass is 32.1. The molecule has 2 N–H and O–H groups in total. The summed E-state index contributed by atoms with van der Waals surface area (Å²) in [5.41, 5.74) is 3.05. The van der Waals surface area contributed by atoms with Crippen LogP contribution in [0.4, 0.5) is 0 Å². The third kappa shape index (κ3) is 5.55. The molecule has 5 heteroatoms. The van der Waals surface area contributed by atoms with Gasteiger partial charge in [0, 0.05) is 16.5 Å². The van der Waals surface area contributed by atoms with Gasteiger partial charge in [-0.1, -0.05) is 37.8 Å². The maximum Gasteiger partial charge on any atom is 0.268 e. The second kappa shape index (κ2) is 9.69. The van der Waals surface area contributed by atoms with Crippen molar-refractivity contribution < 1.29 is 9.59 Å². The highest BCUT2D eigenvalue weighted by molar-refractivity contribution is 7.10. The van der Waals surface area contributed by atoms with Crippen LogP contribution in [0.3, 0.4) is 0 Å². The summed E-state index contributed by atoms with van der Waals surface area (Å²) in [7, 11) is 0. The highest BCUT2D eigenvalue weighted by Gasteiger charge is 2.20. The van der Waals surface area contributed by atoms with Crippen molar-refractivity contribution in [1.82, 2.24) is 10.6 Å². The molecule has 1 fully saturated rings. The van der Waals surface area contributed by atoms with Crippen molar-refractivity contribution in [1.29, 1.82) is 0 Å². The average molecular weight is 397 g/mol. The Morgan fingerprint density at radius 2 is 1.79 bits per heavy atom. The Kier molecular flexibility index (Phi) is 7.04. The lowest BCUT2D eigenvalue weighted by molar-refractivity contribution is -0.118. The largest absolute Gasteiger partial charge is 0.348 e. The number of amides is 2. The summed E-state index contributed by atoms with van der Waals surface area (Å²) >= 11 is 1.54. The van der Waals surface area contributed by atoms with Gasteiger partial charge in [-0.2, -0.15) is 0 Å². The molecule has 0 bridgehead atoms. The minimum Gasteiger partial charge on any atom is -0.348 e. The fraction of sp³-hybridized carbons (Fsp3) is 0.391. The van der Waals surface area contributed by atoms with E-state index in [0.29, 0.717) is 11.3 Å². The van der Waals surface area contributed by atoms with E-state index in [2.05, 4.69) is 10.6 Å². The summed E-state index contributed by atoms with van der Waals surface area (Å²) in [6, 6.07) is 9.63. The predicted octanol–water partition coefficient (Wildman–Crippen LogP) is 4.97. The van der Waals surface area contributed by atoms with Crippen LogP contribution in [-0.2, 0) is 4.79 Å². The Morgan fingerprint density at radius 3 is 2.43 bits per heavy atom. The molecular weight excluding hydrogens is 368 g/mol. The standard InChI is InChI=1S/C23H28N2O2S/c1-16-11-12-18(14-17(16)2)22(26)25-21(15-20-10-7-13-28-20)23(27)24-19-8-5-3-4-6-9-19/h7,10-15,19H,3-6,8-9H2,1-2H3,(H,24,27)(H,25,26)/b21-15+. The van der Waals surface area contributed by atoms with E-state index in [1.165, 1.54) is 24.2 Å². The first-order valence-corrected chi connectivity index (χ1v) is 10.9. The molecule has 1 aliphatic rings. The summed E-state index contributed by atoms with van der Waals surface area (Å²) in [5.74, 6) is -0.473. The van der Waals surface area contributed by atoms with Crippen molar-refractivity contribution in [2.45, 2.75) is 58.4 Å². The van der Waals surface area contributed by atoms with Crippen molar-refractivity contribution in [2.24, 2.45) is 0 Å². The monoisotopic (exact) mass is 396 g/mol. The van der Waals surface area contributed by atoms with Gasteiger partial charge in [-0.15, -0.1) is 11.3 Å². The average Bonchev–Trinajstić information content (AvgIpc) is 3.06. The van der Waals surface area contributed by atoms with Crippen LogP contribution in [0.15, 0.2) is 41.4 Å². The van der Waals surface area contributed by atoms with Gasteiger partial charge in [-0.25, -0.2) is 0 Å². The predicted molar refractivity (Wildman–Crippen MR) is 115 cm³/mol. The van der Waals surface area contributed by atoms with Crippen molar-refractivity contribution in [3.8, 4) is 0 Å². The molecule has 0 saturated heterocycles. The Hall–Kier alpha value is -2.40. The van der Waals surface area contributed by atoms with E-state index in [4.69, 9.17) is 0 Å². The normalized spacial score (nSPS) is 15.7. The maximum absolute atomic E-state index is 12.9. The van der Waals surface area contributed by atoms with Gasteiger partial charge < -0.3 is 10.6 Å². The van der Waals surface area contributed by atoms with Gasteiger partial charge in [0.05, 0.1) is 0 Å². The summed E-state index contributed by atoms with van der Waals surface area (Å²) < 4.78 is 0. The van der Waals surface area contributed by atoms with Crippen LogP contribution in [0.1, 0.15) is 64.9 Å². The van der Waals surface area contributed by atoms with E-state index in [9.17, 15) is 9.59 Å². The van der Waals surface area contributed by atoms with E-state index in [0.717, 1.165) is 41.7 Å². The van der Waals surface area contributed by atoms with Crippen LogP contribution in [0.2, 0.25) is 0 Å². The minimum atomic E-state index is -0.262. The number of hydrogen-bond donors (Lipinski definition) is 2. The Bertz CT molecular complexity index is 847. The lowest BCUT2D eigenvalue weighted by Crippen LogP contribution is -2.40. The van der Waals surface area contributed by atoms with Gasteiger partial charge in [0.15, 0.2) is 0 Å². The molecule has 2 aromatic rings. The van der Waals surface area contributed by atoms with Crippen molar-refractivity contribution in [2.75, 3.05) is 0 Å². The van der Waals surface area contributed by atoms with Gasteiger partial charge in [-0.3, -0.25) is 9.59 Å². The van der Waals surface area contributed by atoms with Crippen molar-refractivity contribution >= 4 is 29.2 Å². The fourth-order valence-corrected chi connectivity index (χ4v) is 4.10.